The zero-order chi connectivity index (χ0) is 17.9. The summed E-state index contributed by atoms with van der Waals surface area (Å²) >= 11 is 0. The molecule has 0 fully saturated rings. The van der Waals surface area contributed by atoms with Crippen LogP contribution in [0.2, 0.25) is 0 Å². The molecule has 23 heavy (non-hydrogen) atoms. The molecular weight excluding hydrogens is 300 g/mol. The highest BCUT2D eigenvalue weighted by atomic mass is 16.6. The van der Waals surface area contributed by atoms with Gasteiger partial charge in [-0.2, -0.15) is 0 Å². The van der Waals surface area contributed by atoms with Crippen LogP contribution < -0.4 is 10.6 Å². The smallest absolute Gasteiger partial charge is 0.218 e. The zero-order valence-corrected chi connectivity index (χ0v) is 14.9. The van der Waals surface area contributed by atoms with Crippen molar-refractivity contribution in [2.45, 2.75) is 70.9 Å². The summed E-state index contributed by atoms with van der Waals surface area (Å²) in [4.78, 5) is 21.0. The van der Waals surface area contributed by atoms with Gasteiger partial charge in [0.2, 0.25) is 11.1 Å². The molecule has 0 rings (SSSR count). The molecule has 8 heteroatoms. The van der Waals surface area contributed by atoms with Crippen LogP contribution in [0.25, 0.3) is 0 Å². The maximum atomic E-state index is 10.7. The van der Waals surface area contributed by atoms with Gasteiger partial charge in [0.1, 0.15) is 0 Å². The van der Waals surface area contributed by atoms with E-state index in [9.17, 15) is 20.2 Å². The number of rotatable bonds is 14. The quantitative estimate of drug-likeness (QED) is 0.287. The average molecular weight is 332 g/mol. The van der Waals surface area contributed by atoms with Gasteiger partial charge in [0, 0.05) is 63.5 Å². The molecule has 136 valence electrons. The van der Waals surface area contributed by atoms with Crippen molar-refractivity contribution < 1.29 is 9.85 Å². The number of hydrogen-bond donors (Lipinski definition) is 2. The second-order valence-corrected chi connectivity index (χ2v) is 7.20. The summed E-state index contributed by atoms with van der Waals surface area (Å²) in [6.45, 7) is 9.59. The molecular formula is C15H32N4O4. The number of hydrogen-bond acceptors (Lipinski definition) is 6. The Morgan fingerprint density at radius 3 is 1.35 bits per heavy atom. The second-order valence-electron chi connectivity index (χ2n) is 7.20. The van der Waals surface area contributed by atoms with Gasteiger partial charge >= 0.3 is 0 Å². The lowest BCUT2D eigenvalue weighted by atomic mass is 10.0. The first kappa shape index (κ1) is 21.7. The topological polar surface area (TPSA) is 110 Å². The van der Waals surface area contributed by atoms with Gasteiger partial charge in [-0.05, 0) is 25.9 Å². The van der Waals surface area contributed by atoms with Crippen LogP contribution in [0.1, 0.15) is 59.8 Å². The zero-order valence-electron chi connectivity index (χ0n) is 14.9. The third-order valence-electron chi connectivity index (χ3n) is 4.02. The average Bonchev–Trinajstić information content (AvgIpc) is 2.44. The molecule has 0 saturated carbocycles. The summed E-state index contributed by atoms with van der Waals surface area (Å²) in [5.74, 6) is 0. The predicted octanol–water partition coefficient (Wildman–Crippen LogP) is 2.23. The Morgan fingerprint density at radius 2 is 1.04 bits per heavy atom. The molecule has 0 aromatic heterocycles. The summed E-state index contributed by atoms with van der Waals surface area (Å²) in [6, 6.07) is 0. The third kappa shape index (κ3) is 10.2. The fraction of sp³-hybridized carbons (Fsp3) is 1.00. The van der Waals surface area contributed by atoms with E-state index in [2.05, 4.69) is 10.6 Å². The summed E-state index contributed by atoms with van der Waals surface area (Å²) in [7, 11) is 0. The van der Waals surface area contributed by atoms with E-state index in [0.717, 1.165) is 32.4 Å². The van der Waals surface area contributed by atoms with Crippen molar-refractivity contribution in [1.82, 2.24) is 10.6 Å². The Balaban J connectivity index is 3.41. The molecule has 0 aliphatic carbocycles. The number of nitrogens with one attached hydrogen (secondary N) is 2. The molecule has 0 amide bonds. The van der Waals surface area contributed by atoms with Gasteiger partial charge in [0.05, 0.1) is 0 Å². The van der Waals surface area contributed by atoms with E-state index >= 15 is 0 Å². The first-order valence-corrected chi connectivity index (χ1v) is 8.30. The molecule has 0 saturated heterocycles. The van der Waals surface area contributed by atoms with Crippen molar-refractivity contribution >= 4 is 0 Å². The van der Waals surface area contributed by atoms with E-state index in [1.807, 2.05) is 0 Å². The van der Waals surface area contributed by atoms with Crippen LogP contribution in [0.3, 0.4) is 0 Å². The molecule has 0 spiro atoms. The van der Waals surface area contributed by atoms with Crippen molar-refractivity contribution in [2.75, 3.05) is 26.2 Å². The third-order valence-corrected chi connectivity index (χ3v) is 4.02. The minimum Gasteiger partial charge on any atom is -0.316 e. The molecule has 0 heterocycles. The molecule has 2 N–H and O–H groups in total. The summed E-state index contributed by atoms with van der Waals surface area (Å²) in [5.41, 5.74) is -1.73. The van der Waals surface area contributed by atoms with Gasteiger partial charge in [-0.25, -0.2) is 0 Å². The first-order chi connectivity index (χ1) is 10.6. The Bertz CT molecular complexity index is 338. The van der Waals surface area contributed by atoms with E-state index in [4.69, 9.17) is 0 Å². The molecule has 0 unspecified atom stereocenters. The van der Waals surface area contributed by atoms with Crippen molar-refractivity contribution in [3.05, 3.63) is 20.2 Å². The Morgan fingerprint density at radius 1 is 0.696 bits per heavy atom. The van der Waals surface area contributed by atoms with E-state index in [1.54, 1.807) is 27.7 Å². The number of nitro groups is 2. The monoisotopic (exact) mass is 332 g/mol. The van der Waals surface area contributed by atoms with Crippen LogP contribution in [0.15, 0.2) is 0 Å². The molecule has 0 bridgehead atoms. The molecule has 0 atom stereocenters. The maximum absolute atomic E-state index is 10.7. The van der Waals surface area contributed by atoms with Gasteiger partial charge in [0.25, 0.3) is 0 Å². The lowest BCUT2D eigenvalue weighted by Crippen LogP contribution is -2.35. The summed E-state index contributed by atoms with van der Waals surface area (Å²) in [5, 5.41) is 28.0. The van der Waals surface area contributed by atoms with Crippen LogP contribution in [0, 0.1) is 20.2 Å². The van der Waals surface area contributed by atoms with Gasteiger partial charge in [-0.15, -0.1) is 0 Å². The van der Waals surface area contributed by atoms with Crippen molar-refractivity contribution in [3.8, 4) is 0 Å². The number of unbranched alkanes of at least 4 members (excludes halogenated alkanes) is 2. The minimum atomic E-state index is -0.867. The highest BCUT2D eigenvalue weighted by Gasteiger charge is 2.30. The first-order valence-electron chi connectivity index (χ1n) is 8.30. The summed E-state index contributed by atoms with van der Waals surface area (Å²) < 4.78 is 0. The standard InChI is InChI=1S/C15H32N4O4/c1-14(2,18(20)21)8-12-16-10-6-5-7-11-17-13-9-15(3,4)19(22)23/h16-17H,5-13H2,1-4H3. The number of nitrogens with zero attached hydrogens (tertiary/aromatic N) is 2. The fourth-order valence-corrected chi connectivity index (χ4v) is 1.90. The van der Waals surface area contributed by atoms with Crippen LogP contribution in [-0.4, -0.2) is 47.1 Å². The molecule has 0 aromatic carbocycles. The Labute approximate surface area is 138 Å². The van der Waals surface area contributed by atoms with Crippen molar-refractivity contribution in [3.63, 3.8) is 0 Å². The Hall–Kier alpha value is -1.28. The van der Waals surface area contributed by atoms with Gasteiger partial charge in [0.15, 0.2) is 0 Å². The molecule has 8 nitrogen and oxygen atoms in total. The normalized spacial score (nSPS) is 12.3. The molecule has 0 aromatic rings. The molecule has 0 aliphatic rings. The van der Waals surface area contributed by atoms with Crippen LogP contribution in [-0.2, 0) is 0 Å². The van der Waals surface area contributed by atoms with E-state index in [0.29, 0.717) is 25.9 Å². The van der Waals surface area contributed by atoms with Gasteiger partial charge in [-0.3, -0.25) is 20.2 Å². The largest absolute Gasteiger partial charge is 0.316 e. The van der Waals surface area contributed by atoms with Crippen LogP contribution >= 0.6 is 0 Å². The molecule has 0 radical (unpaired) electrons. The van der Waals surface area contributed by atoms with Crippen molar-refractivity contribution in [1.29, 1.82) is 0 Å². The second kappa shape index (κ2) is 10.5. The van der Waals surface area contributed by atoms with Crippen LogP contribution in [0.5, 0.6) is 0 Å². The van der Waals surface area contributed by atoms with E-state index in [1.165, 1.54) is 0 Å². The predicted molar refractivity (Wildman–Crippen MR) is 91.0 cm³/mol. The SMILES string of the molecule is CC(C)(CCNCCCCCNCCC(C)(C)[N+](=O)[O-])[N+](=O)[O-]. The van der Waals surface area contributed by atoms with Gasteiger partial charge in [-0.1, -0.05) is 6.42 Å². The minimum absolute atomic E-state index is 0.236. The van der Waals surface area contributed by atoms with Crippen LogP contribution in [0.4, 0.5) is 0 Å². The summed E-state index contributed by atoms with van der Waals surface area (Å²) in [6.07, 6.45) is 4.17. The van der Waals surface area contributed by atoms with E-state index in [-0.39, 0.29) is 9.85 Å². The Kier molecular flexibility index (Phi) is 9.90. The maximum Gasteiger partial charge on any atom is 0.218 e. The lowest BCUT2D eigenvalue weighted by Gasteiger charge is -2.16. The molecule has 0 aliphatic heterocycles. The highest BCUT2D eigenvalue weighted by molar-refractivity contribution is 4.69. The highest BCUT2D eigenvalue weighted by Crippen LogP contribution is 2.12. The van der Waals surface area contributed by atoms with Crippen molar-refractivity contribution in [2.24, 2.45) is 0 Å². The lowest BCUT2D eigenvalue weighted by molar-refractivity contribution is -0.561. The van der Waals surface area contributed by atoms with E-state index < -0.39 is 11.1 Å². The fourth-order valence-electron chi connectivity index (χ4n) is 1.90. The van der Waals surface area contributed by atoms with Gasteiger partial charge < -0.3 is 10.6 Å².